The Labute approximate surface area is 96.8 Å². The van der Waals surface area contributed by atoms with E-state index in [4.69, 9.17) is 0 Å². The second kappa shape index (κ2) is 5.85. The van der Waals surface area contributed by atoms with Crippen LogP contribution >= 0.6 is 0 Å². The molecule has 0 atom stereocenters. The third kappa shape index (κ3) is 3.05. The van der Waals surface area contributed by atoms with Crippen LogP contribution in [0.2, 0.25) is 0 Å². The van der Waals surface area contributed by atoms with E-state index in [-0.39, 0.29) is 0 Å². The molecule has 0 aliphatic carbocycles. The van der Waals surface area contributed by atoms with Crippen LogP contribution in [-0.4, -0.2) is 25.1 Å². The highest BCUT2D eigenvalue weighted by atomic mass is 15.4. The molecule has 84 valence electrons. The molecule has 0 aromatic heterocycles. The molecule has 0 aliphatic heterocycles. The average molecular weight is 215 g/mol. The lowest BCUT2D eigenvalue weighted by Gasteiger charge is -2.07. The number of para-hydroxylation sites is 1. The Hall–Kier alpha value is -1.90. The van der Waals surface area contributed by atoms with Crippen molar-refractivity contribution < 1.29 is 0 Å². The van der Waals surface area contributed by atoms with E-state index in [1.54, 1.807) is 18.4 Å². The predicted octanol–water partition coefficient (Wildman–Crippen LogP) is 3.32. The lowest BCUT2D eigenvalue weighted by Crippen LogP contribution is -2.05. The van der Waals surface area contributed by atoms with Crippen molar-refractivity contribution in [2.45, 2.75) is 13.8 Å². The van der Waals surface area contributed by atoms with E-state index in [0.29, 0.717) is 0 Å². The van der Waals surface area contributed by atoms with Crippen LogP contribution in [0.15, 0.2) is 40.4 Å². The average Bonchev–Trinajstić information content (AvgIpc) is 2.35. The van der Waals surface area contributed by atoms with E-state index in [2.05, 4.69) is 35.9 Å². The molecule has 0 fully saturated rings. The summed E-state index contributed by atoms with van der Waals surface area (Å²) in [7, 11) is 1.79. The molecule has 3 nitrogen and oxygen atoms in total. The Morgan fingerprint density at radius 2 is 2.06 bits per heavy atom. The minimum absolute atomic E-state index is 0.939. The second-order valence-corrected chi connectivity index (χ2v) is 3.45. The maximum absolute atomic E-state index is 4.37. The summed E-state index contributed by atoms with van der Waals surface area (Å²) in [6.45, 7) is 7.51. The normalized spacial score (nSPS) is 11.8. The predicted molar refractivity (Wildman–Crippen MR) is 71.2 cm³/mol. The molecule has 0 spiro atoms. The zero-order valence-electron chi connectivity index (χ0n) is 10.0. The Morgan fingerprint density at radius 3 is 2.69 bits per heavy atom. The third-order valence-electron chi connectivity index (χ3n) is 2.35. The van der Waals surface area contributed by atoms with Crippen molar-refractivity contribution in [3.05, 3.63) is 35.9 Å². The molecular weight excluding hydrogens is 198 g/mol. The van der Waals surface area contributed by atoms with Crippen molar-refractivity contribution in [2.24, 2.45) is 10.1 Å². The fourth-order valence-electron chi connectivity index (χ4n) is 1.26. The van der Waals surface area contributed by atoms with Gasteiger partial charge in [0.25, 0.3) is 0 Å². The molecular formula is C13H17N3. The fraction of sp³-hybridized carbons (Fsp3) is 0.231. The summed E-state index contributed by atoms with van der Waals surface area (Å²) in [5.74, 6) is 0. The SMILES string of the molecule is C=NN(C)C=Nc1ccccc1/C(C)=C\C. The summed E-state index contributed by atoms with van der Waals surface area (Å²) >= 11 is 0. The van der Waals surface area contributed by atoms with Gasteiger partial charge in [0.1, 0.15) is 6.34 Å². The Bertz CT molecular complexity index is 419. The van der Waals surface area contributed by atoms with Crippen molar-refractivity contribution in [1.82, 2.24) is 5.01 Å². The van der Waals surface area contributed by atoms with Crippen LogP contribution < -0.4 is 0 Å². The number of hydrogen-bond acceptors (Lipinski definition) is 2. The topological polar surface area (TPSA) is 28.0 Å². The van der Waals surface area contributed by atoms with Gasteiger partial charge in [-0.1, -0.05) is 24.3 Å². The van der Waals surface area contributed by atoms with Gasteiger partial charge in [-0.2, -0.15) is 5.10 Å². The Balaban J connectivity index is 3.04. The maximum atomic E-state index is 4.37. The van der Waals surface area contributed by atoms with Gasteiger partial charge >= 0.3 is 0 Å². The summed E-state index contributed by atoms with van der Waals surface area (Å²) in [6.07, 6.45) is 3.72. The van der Waals surface area contributed by atoms with Gasteiger partial charge in [0, 0.05) is 19.3 Å². The lowest BCUT2D eigenvalue weighted by molar-refractivity contribution is 0.567. The molecule has 1 aromatic rings. The maximum Gasteiger partial charge on any atom is 0.112 e. The molecule has 0 N–H and O–H groups in total. The van der Waals surface area contributed by atoms with Crippen LogP contribution in [0.4, 0.5) is 5.69 Å². The molecule has 0 aliphatic rings. The zero-order chi connectivity index (χ0) is 12.0. The Morgan fingerprint density at radius 1 is 1.38 bits per heavy atom. The van der Waals surface area contributed by atoms with E-state index in [1.165, 1.54) is 5.57 Å². The van der Waals surface area contributed by atoms with Gasteiger partial charge in [0.15, 0.2) is 0 Å². The number of nitrogens with zero attached hydrogens (tertiary/aromatic N) is 3. The first kappa shape index (κ1) is 12.2. The Kier molecular flexibility index (Phi) is 4.45. The van der Waals surface area contributed by atoms with Gasteiger partial charge in [-0.25, -0.2) is 4.99 Å². The fourth-order valence-corrected chi connectivity index (χ4v) is 1.26. The van der Waals surface area contributed by atoms with Crippen LogP contribution in [0.5, 0.6) is 0 Å². The zero-order valence-corrected chi connectivity index (χ0v) is 10.0. The van der Waals surface area contributed by atoms with Crippen molar-refractivity contribution in [3.8, 4) is 0 Å². The number of benzene rings is 1. The molecule has 0 bridgehead atoms. The first-order valence-corrected chi connectivity index (χ1v) is 5.15. The molecule has 0 amide bonds. The van der Waals surface area contributed by atoms with Crippen LogP contribution in [0.3, 0.4) is 0 Å². The smallest absolute Gasteiger partial charge is 0.112 e. The van der Waals surface area contributed by atoms with E-state index in [9.17, 15) is 0 Å². The standard InChI is InChI=1S/C13H17N3/c1-5-11(2)12-8-6-7-9-13(12)15-10-16(4)14-3/h5-10H,3H2,1-2,4H3/b11-5-,15-10?. The van der Waals surface area contributed by atoms with Gasteiger partial charge in [-0.05, 0) is 25.5 Å². The highest BCUT2D eigenvalue weighted by molar-refractivity contribution is 5.75. The summed E-state index contributed by atoms with van der Waals surface area (Å²) in [5, 5.41) is 5.29. The molecule has 0 heterocycles. The van der Waals surface area contributed by atoms with Crippen molar-refractivity contribution in [2.75, 3.05) is 7.05 Å². The molecule has 0 radical (unpaired) electrons. The van der Waals surface area contributed by atoms with Crippen LogP contribution in [-0.2, 0) is 0 Å². The van der Waals surface area contributed by atoms with Crippen molar-refractivity contribution in [1.29, 1.82) is 0 Å². The molecule has 1 rings (SSSR count). The highest BCUT2D eigenvalue weighted by Gasteiger charge is 2.00. The van der Waals surface area contributed by atoms with Gasteiger partial charge in [-0.15, -0.1) is 0 Å². The van der Waals surface area contributed by atoms with E-state index >= 15 is 0 Å². The number of aliphatic imine (C=N–C) groups is 1. The quantitative estimate of drug-likeness (QED) is 0.430. The van der Waals surface area contributed by atoms with Gasteiger partial charge in [-0.3, -0.25) is 5.01 Å². The highest BCUT2D eigenvalue weighted by Crippen LogP contribution is 2.25. The number of allylic oxidation sites excluding steroid dienone is 2. The largest absolute Gasteiger partial charge is 0.258 e. The summed E-state index contributed by atoms with van der Waals surface area (Å²) in [6, 6.07) is 8.02. The monoisotopic (exact) mass is 215 g/mol. The van der Waals surface area contributed by atoms with E-state index in [1.807, 2.05) is 25.1 Å². The summed E-state index contributed by atoms with van der Waals surface area (Å²) < 4.78 is 0. The minimum Gasteiger partial charge on any atom is -0.258 e. The van der Waals surface area contributed by atoms with Gasteiger partial charge in [0.05, 0.1) is 5.69 Å². The minimum atomic E-state index is 0.939. The van der Waals surface area contributed by atoms with Crippen LogP contribution in [0.25, 0.3) is 5.57 Å². The number of hydrazone groups is 1. The molecule has 1 aromatic carbocycles. The first-order chi connectivity index (χ1) is 7.69. The molecule has 0 saturated heterocycles. The number of rotatable bonds is 4. The first-order valence-electron chi connectivity index (χ1n) is 5.15. The molecule has 0 saturated carbocycles. The number of hydrogen-bond donors (Lipinski definition) is 0. The summed E-state index contributed by atoms with van der Waals surface area (Å²) in [5.41, 5.74) is 3.29. The summed E-state index contributed by atoms with van der Waals surface area (Å²) in [4.78, 5) is 4.37. The second-order valence-electron chi connectivity index (χ2n) is 3.45. The van der Waals surface area contributed by atoms with Crippen LogP contribution in [0.1, 0.15) is 19.4 Å². The molecule has 3 heteroatoms. The van der Waals surface area contributed by atoms with Gasteiger partial charge < -0.3 is 0 Å². The van der Waals surface area contributed by atoms with E-state index in [0.717, 1.165) is 11.3 Å². The van der Waals surface area contributed by atoms with Gasteiger partial charge in [0.2, 0.25) is 0 Å². The van der Waals surface area contributed by atoms with E-state index < -0.39 is 0 Å². The molecule has 0 unspecified atom stereocenters. The van der Waals surface area contributed by atoms with Crippen molar-refractivity contribution in [3.63, 3.8) is 0 Å². The third-order valence-corrected chi connectivity index (χ3v) is 2.35. The van der Waals surface area contributed by atoms with Crippen LogP contribution in [0, 0.1) is 0 Å². The molecule has 16 heavy (non-hydrogen) atoms. The lowest BCUT2D eigenvalue weighted by atomic mass is 10.1. The van der Waals surface area contributed by atoms with Crippen molar-refractivity contribution >= 4 is 24.3 Å².